The van der Waals surface area contributed by atoms with Crippen LogP contribution in [-0.4, -0.2) is 25.8 Å². The molecule has 0 spiro atoms. The highest BCUT2D eigenvalue weighted by Crippen LogP contribution is 2.05. The van der Waals surface area contributed by atoms with E-state index in [0.717, 1.165) is 0 Å². The summed E-state index contributed by atoms with van der Waals surface area (Å²) in [6, 6.07) is 8.62. The lowest BCUT2D eigenvalue weighted by Crippen LogP contribution is -2.24. The summed E-state index contributed by atoms with van der Waals surface area (Å²) in [5.41, 5.74) is 0.559. The third kappa shape index (κ3) is 4.15. The molecule has 0 saturated heterocycles. The minimum Gasteiger partial charge on any atom is -0.325 e. The molecule has 0 aliphatic rings. The highest BCUT2D eigenvalue weighted by atomic mass is 32.2. The van der Waals surface area contributed by atoms with Gasteiger partial charge in [-0.1, -0.05) is 24.1 Å². The summed E-state index contributed by atoms with van der Waals surface area (Å²) in [6.45, 7) is 0. The summed E-state index contributed by atoms with van der Waals surface area (Å²) >= 11 is 0. The van der Waals surface area contributed by atoms with Crippen molar-refractivity contribution in [3.8, 4) is 12.3 Å². The third-order valence-corrected chi connectivity index (χ3v) is 3.02. The van der Waals surface area contributed by atoms with E-state index in [9.17, 15) is 13.2 Å². The van der Waals surface area contributed by atoms with Crippen molar-refractivity contribution in [2.45, 2.75) is 0 Å². The minimum atomic E-state index is -3.50. The third-order valence-electron chi connectivity index (χ3n) is 1.71. The van der Waals surface area contributed by atoms with Crippen LogP contribution in [0.5, 0.6) is 0 Å². The number of carbonyl (C=O) groups is 1. The van der Waals surface area contributed by atoms with Crippen LogP contribution in [0.25, 0.3) is 0 Å². The van der Waals surface area contributed by atoms with Crippen molar-refractivity contribution in [3.05, 3.63) is 30.3 Å². The second-order valence-electron chi connectivity index (χ2n) is 3.15. The smallest absolute Gasteiger partial charge is 0.239 e. The topological polar surface area (TPSA) is 63.2 Å². The van der Waals surface area contributed by atoms with Crippen LogP contribution in [0.2, 0.25) is 0 Å². The first kappa shape index (κ1) is 12.3. The molecule has 0 aromatic heterocycles. The summed E-state index contributed by atoms with van der Waals surface area (Å²) in [6.07, 6.45) is 4.88. The molecular weight excluding hydrogens is 226 g/mol. The van der Waals surface area contributed by atoms with Gasteiger partial charge in [0.1, 0.15) is 11.5 Å². The first-order chi connectivity index (χ1) is 7.53. The van der Waals surface area contributed by atoms with E-state index >= 15 is 0 Å². The molecule has 5 heteroatoms. The lowest BCUT2D eigenvalue weighted by atomic mass is 10.3. The van der Waals surface area contributed by atoms with Gasteiger partial charge >= 0.3 is 0 Å². The number of rotatable bonds is 4. The Kier molecular flexibility index (Phi) is 4.09. The lowest BCUT2D eigenvalue weighted by Gasteiger charge is -2.04. The molecule has 1 aromatic rings. The van der Waals surface area contributed by atoms with Crippen molar-refractivity contribution in [1.82, 2.24) is 0 Å². The van der Waals surface area contributed by atoms with Crippen molar-refractivity contribution < 1.29 is 13.2 Å². The maximum Gasteiger partial charge on any atom is 0.239 e. The fraction of sp³-hybridized carbons (Fsp3) is 0.182. The van der Waals surface area contributed by atoms with Crippen LogP contribution < -0.4 is 5.32 Å². The molecule has 0 atom stereocenters. The zero-order valence-electron chi connectivity index (χ0n) is 8.51. The molecule has 0 radical (unpaired) electrons. The fourth-order valence-electron chi connectivity index (χ4n) is 1.10. The van der Waals surface area contributed by atoms with E-state index in [1.54, 1.807) is 30.3 Å². The maximum atomic E-state index is 11.3. The van der Waals surface area contributed by atoms with Gasteiger partial charge in [0, 0.05) is 5.69 Å². The predicted molar refractivity (Wildman–Crippen MR) is 62.6 cm³/mol. The number of sulfone groups is 1. The quantitative estimate of drug-likeness (QED) is 0.783. The Hall–Kier alpha value is -1.80. The molecule has 0 saturated carbocycles. The summed E-state index contributed by atoms with van der Waals surface area (Å²) in [7, 11) is -3.50. The second kappa shape index (κ2) is 5.33. The number of carbonyl (C=O) groups excluding carboxylic acids is 1. The average molecular weight is 237 g/mol. The van der Waals surface area contributed by atoms with Gasteiger partial charge in [-0.25, -0.2) is 8.42 Å². The van der Waals surface area contributed by atoms with Crippen LogP contribution in [0.4, 0.5) is 5.69 Å². The predicted octanol–water partition coefficient (Wildman–Crippen LogP) is 0.673. The Labute approximate surface area is 94.6 Å². The molecular formula is C11H11NO3S. The number of terminal acetylenes is 1. The normalized spacial score (nSPS) is 10.4. The first-order valence-electron chi connectivity index (χ1n) is 4.52. The molecule has 0 unspecified atom stereocenters. The second-order valence-corrected chi connectivity index (χ2v) is 5.22. The van der Waals surface area contributed by atoms with Gasteiger partial charge in [-0.2, -0.15) is 0 Å². The van der Waals surface area contributed by atoms with E-state index in [-0.39, 0.29) is 0 Å². The van der Waals surface area contributed by atoms with E-state index in [1.165, 1.54) is 0 Å². The van der Waals surface area contributed by atoms with Crippen LogP contribution >= 0.6 is 0 Å². The molecule has 0 bridgehead atoms. The van der Waals surface area contributed by atoms with Crippen LogP contribution in [-0.2, 0) is 14.6 Å². The van der Waals surface area contributed by atoms with E-state index in [0.29, 0.717) is 5.69 Å². The van der Waals surface area contributed by atoms with Crippen LogP contribution in [0.15, 0.2) is 30.3 Å². The molecule has 16 heavy (non-hydrogen) atoms. The summed E-state index contributed by atoms with van der Waals surface area (Å²) in [4.78, 5) is 11.3. The molecule has 1 amide bonds. The molecule has 4 nitrogen and oxygen atoms in total. The van der Waals surface area contributed by atoms with Crippen LogP contribution in [0.3, 0.4) is 0 Å². The first-order valence-corrected chi connectivity index (χ1v) is 6.34. The van der Waals surface area contributed by atoms with Gasteiger partial charge in [0.25, 0.3) is 0 Å². The Morgan fingerprint density at radius 1 is 1.31 bits per heavy atom. The fourth-order valence-corrected chi connectivity index (χ4v) is 1.92. The van der Waals surface area contributed by atoms with Crippen molar-refractivity contribution in [2.24, 2.45) is 0 Å². The Balaban J connectivity index is 2.59. The summed E-state index contributed by atoms with van der Waals surface area (Å²) < 4.78 is 22.5. The number of benzene rings is 1. The maximum absolute atomic E-state index is 11.3. The zero-order valence-corrected chi connectivity index (χ0v) is 9.33. The molecule has 84 valence electrons. The minimum absolute atomic E-state index is 0.421. The highest BCUT2D eigenvalue weighted by Gasteiger charge is 2.15. The lowest BCUT2D eigenvalue weighted by molar-refractivity contribution is -0.113. The number of nitrogens with one attached hydrogen (secondary N) is 1. The summed E-state index contributed by atoms with van der Waals surface area (Å²) in [5, 5.41) is 2.47. The van der Waals surface area contributed by atoms with Gasteiger partial charge in [-0.15, -0.1) is 6.42 Å². The Bertz CT molecular complexity index is 500. The molecule has 1 N–H and O–H groups in total. The molecule has 0 heterocycles. The Morgan fingerprint density at radius 3 is 2.50 bits per heavy atom. The zero-order chi connectivity index (χ0) is 12.0. The number of hydrogen-bond acceptors (Lipinski definition) is 3. The average Bonchev–Trinajstić information content (AvgIpc) is 2.17. The molecule has 0 fully saturated rings. The SMILES string of the molecule is C#CCS(=O)(=O)CC(=O)Nc1ccccc1. The summed E-state index contributed by atoms with van der Waals surface area (Å²) in [5.74, 6) is 0.415. The van der Waals surface area contributed by atoms with Gasteiger partial charge in [0.2, 0.25) is 5.91 Å². The van der Waals surface area contributed by atoms with E-state index < -0.39 is 27.3 Å². The van der Waals surface area contributed by atoms with Gasteiger partial charge in [0.15, 0.2) is 9.84 Å². The number of para-hydroxylation sites is 1. The van der Waals surface area contributed by atoms with Crippen LogP contribution in [0, 0.1) is 12.3 Å². The van der Waals surface area contributed by atoms with Gasteiger partial charge in [-0.3, -0.25) is 4.79 Å². The number of hydrogen-bond donors (Lipinski definition) is 1. The number of anilines is 1. The Morgan fingerprint density at radius 2 is 1.94 bits per heavy atom. The van der Waals surface area contributed by atoms with E-state index in [2.05, 4.69) is 5.32 Å². The molecule has 0 aliphatic carbocycles. The largest absolute Gasteiger partial charge is 0.325 e. The van der Waals surface area contributed by atoms with Crippen LogP contribution in [0.1, 0.15) is 0 Å². The highest BCUT2D eigenvalue weighted by molar-refractivity contribution is 7.92. The molecule has 0 aliphatic heterocycles. The number of amides is 1. The molecule has 1 rings (SSSR count). The van der Waals surface area contributed by atoms with Gasteiger partial charge in [-0.05, 0) is 12.1 Å². The van der Waals surface area contributed by atoms with E-state index in [4.69, 9.17) is 6.42 Å². The monoisotopic (exact) mass is 237 g/mol. The van der Waals surface area contributed by atoms with E-state index in [1.807, 2.05) is 5.92 Å². The van der Waals surface area contributed by atoms with Crippen molar-refractivity contribution in [2.75, 3.05) is 16.8 Å². The van der Waals surface area contributed by atoms with Crippen molar-refractivity contribution >= 4 is 21.4 Å². The standard InChI is InChI=1S/C11H11NO3S/c1-2-8-16(14,15)9-11(13)12-10-6-4-3-5-7-10/h1,3-7H,8-9H2,(H,12,13). The van der Waals surface area contributed by atoms with Crippen molar-refractivity contribution in [3.63, 3.8) is 0 Å². The molecule has 1 aromatic carbocycles. The van der Waals surface area contributed by atoms with Gasteiger partial charge in [0.05, 0.1) is 0 Å². The van der Waals surface area contributed by atoms with Gasteiger partial charge < -0.3 is 5.32 Å². The van der Waals surface area contributed by atoms with Crippen molar-refractivity contribution in [1.29, 1.82) is 0 Å².